The number of hydrogen-bond donors (Lipinski definition) is 2. The minimum Gasteiger partial charge on any atom is -0.493 e. The highest BCUT2D eigenvalue weighted by molar-refractivity contribution is 14.0. The molecule has 0 amide bonds. The molecule has 2 rings (SSSR count). The summed E-state index contributed by atoms with van der Waals surface area (Å²) < 4.78 is 40.2. The third-order valence-electron chi connectivity index (χ3n) is 4.02. The van der Waals surface area contributed by atoms with E-state index in [2.05, 4.69) is 20.4 Å². The first-order valence-corrected chi connectivity index (χ1v) is 9.34. The van der Waals surface area contributed by atoms with E-state index in [-0.39, 0.29) is 35.5 Å². The van der Waals surface area contributed by atoms with E-state index in [4.69, 9.17) is 9.47 Å². The van der Waals surface area contributed by atoms with Crippen LogP contribution in [0.4, 0.5) is 8.78 Å². The lowest BCUT2D eigenvalue weighted by atomic mass is 10.2. The van der Waals surface area contributed by atoms with Crippen LogP contribution in [0.25, 0.3) is 0 Å². The molecule has 1 fully saturated rings. The summed E-state index contributed by atoms with van der Waals surface area (Å²) in [5.74, 6) is 1.72. The zero-order valence-corrected chi connectivity index (χ0v) is 18.7. The smallest absolute Gasteiger partial charge is 0.387 e. The van der Waals surface area contributed by atoms with Crippen molar-refractivity contribution in [2.24, 2.45) is 10.9 Å². The van der Waals surface area contributed by atoms with E-state index < -0.39 is 6.61 Å². The van der Waals surface area contributed by atoms with Crippen LogP contribution in [0.15, 0.2) is 23.2 Å². The normalized spacial score (nSPS) is 13.8. The van der Waals surface area contributed by atoms with E-state index in [9.17, 15) is 8.78 Å². The fourth-order valence-corrected chi connectivity index (χ4v) is 2.44. The number of hydrogen-bond acceptors (Lipinski definition) is 4. The lowest BCUT2D eigenvalue weighted by Gasteiger charge is -2.13. The van der Waals surface area contributed by atoms with Gasteiger partial charge >= 0.3 is 6.61 Å². The number of nitrogens with zero attached hydrogens (tertiary/aromatic N) is 1. The molecule has 1 aromatic rings. The Balaban J connectivity index is 0.00000392. The van der Waals surface area contributed by atoms with Crippen molar-refractivity contribution in [3.63, 3.8) is 0 Å². The molecule has 0 bridgehead atoms. The maximum atomic E-state index is 12.5. The lowest BCUT2D eigenvalue weighted by molar-refractivity contribution is -0.0512. The van der Waals surface area contributed by atoms with Crippen LogP contribution in [0.5, 0.6) is 11.5 Å². The Labute approximate surface area is 182 Å². The zero-order valence-electron chi connectivity index (χ0n) is 16.4. The van der Waals surface area contributed by atoms with Crippen molar-refractivity contribution in [2.75, 3.05) is 33.4 Å². The zero-order chi connectivity index (χ0) is 19.5. The van der Waals surface area contributed by atoms with Gasteiger partial charge in [0.05, 0.1) is 13.7 Å². The van der Waals surface area contributed by atoms with Gasteiger partial charge in [-0.25, -0.2) is 4.99 Å². The molecule has 9 heteroatoms. The van der Waals surface area contributed by atoms with E-state index in [1.807, 2.05) is 6.92 Å². The molecule has 28 heavy (non-hydrogen) atoms. The fraction of sp³-hybridized carbons (Fsp3) is 0.632. The highest BCUT2D eigenvalue weighted by Crippen LogP contribution is 2.30. The maximum absolute atomic E-state index is 12.5. The van der Waals surface area contributed by atoms with Gasteiger partial charge in [0.15, 0.2) is 17.5 Å². The van der Waals surface area contributed by atoms with E-state index >= 15 is 0 Å². The molecule has 0 atom stereocenters. The number of benzene rings is 1. The molecular formula is C19H30F2IN3O3. The molecular weight excluding hydrogens is 483 g/mol. The molecule has 1 aromatic carbocycles. The second kappa shape index (κ2) is 13.8. The Morgan fingerprint density at radius 1 is 1.25 bits per heavy atom. The summed E-state index contributed by atoms with van der Waals surface area (Å²) in [4.78, 5) is 4.49. The van der Waals surface area contributed by atoms with E-state index in [1.165, 1.54) is 26.0 Å². The first-order valence-electron chi connectivity index (χ1n) is 9.34. The average molecular weight is 513 g/mol. The number of nitrogens with one attached hydrogen (secondary N) is 2. The van der Waals surface area contributed by atoms with Crippen molar-refractivity contribution in [2.45, 2.75) is 39.3 Å². The van der Waals surface area contributed by atoms with E-state index in [0.29, 0.717) is 12.5 Å². The Morgan fingerprint density at radius 2 is 2.04 bits per heavy atom. The van der Waals surface area contributed by atoms with Crippen LogP contribution in [0, 0.1) is 5.92 Å². The number of halogens is 3. The molecule has 0 aliphatic heterocycles. The van der Waals surface area contributed by atoms with Crippen LogP contribution in [-0.2, 0) is 11.3 Å². The second-order valence-corrected chi connectivity index (χ2v) is 6.36. The SMILES string of the molecule is CCNC(=NCc1ccc(OC)c(OC(F)F)c1)NCCCOCC1CC1.I. The minimum absolute atomic E-state index is 0. The summed E-state index contributed by atoms with van der Waals surface area (Å²) in [6.45, 7) is 2.49. The van der Waals surface area contributed by atoms with Gasteiger partial charge < -0.3 is 24.8 Å². The average Bonchev–Trinajstić information content (AvgIpc) is 3.46. The molecule has 160 valence electrons. The third kappa shape index (κ3) is 9.72. The standard InChI is InChI=1S/C19H29F2N3O3.HI/c1-3-22-19(23-9-4-10-26-13-14-5-6-14)24-12-15-7-8-16(25-2)17(11-15)27-18(20)21;/h7-8,11,14,18H,3-6,9-10,12-13H2,1-2H3,(H2,22,23,24);1H. The van der Waals surface area contributed by atoms with E-state index in [0.717, 1.165) is 44.2 Å². The molecule has 1 aliphatic rings. The van der Waals surface area contributed by atoms with Crippen LogP contribution in [-0.4, -0.2) is 46.0 Å². The summed E-state index contributed by atoms with van der Waals surface area (Å²) >= 11 is 0. The van der Waals surface area contributed by atoms with Gasteiger partial charge in [-0.15, -0.1) is 24.0 Å². The molecule has 0 aromatic heterocycles. The monoisotopic (exact) mass is 513 g/mol. The fourth-order valence-electron chi connectivity index (χ4n) is 2.44. The number of rotatable bonds is 12. The molecule has 1 aliphatic carbocycles. The minimum atomic E-state index is -2.90. The van der Waals surface area contributed by atoms with Crippen molar-refractivity contribution in [1.82, 2.24) is 10.6 Å². The first-order chi connectivity index (χ1) is 13.1. The summed E-state index contributed by atoms with van der Waals surface area (Å²) in [7, 11) is 1.41. The van der Waals surface area contributed by atoms with Gasteiger partial charge in [0, 0.05) is 26.3 Å². The van der Waals surface area contributed by atoms with Crippen LogP contribution < -0.4 is 20.1 Å². The predicted octanol–water partition coefficient (Wildman–Crippen LogP) is 3.79. The van der Waals surface area contributed by atoms with Crippen molar-refractivity contribution in [3.8, 4) is 11.5 Å². The van der Waals surface area contributed by atoms with Gasteiger partial charge in [-0.2, -0.15) is 8.78 Å². The van der Waals surface area contributed by atoms with Gasteiger partial charge in [0.1, 0.15) is 0 Å². The number of aliphatic imine (C=N–C) groups is 1. The molecule has 0 radical (unpaired) electrons. The van der Waals surface area contributed by atoms with Crippen LogP contribution in [0.1, 0.15) is 31.7 Å². The molecule has 0 saturated heterocycles. The Hall–Kier alpha value is -1.36. The first kappa shape index (κ1) is 24.7. The molecule has 0 unspecified atom stereocenters. The third-order valence-corrected chi connectivity index (χ3v) is 4.02. The van der Waals surface area contributed by atoms with E-state index in [1.54, 1.807) is 12.1 Å². The summed E-state index contributed by atoms with van der Waals surface area (Å²) in [5, 5.41) is 6.41. The number of ether oxygens (including phenoxy) is 3. The van der Waals surface area contributed by atoms with Gasteiger partial charge in [-0.1, -0.05) is 6.07 Å². The number of guanidine groups is 1. The molecule has 0 heterocycles. The quantitative estimate of drug-likeness (QED) is 0.193. The van der Waals surface area contributed by atoms with Gasteiger partial charge in [0.2, 0.25) is 0 Å². The number of methoxy groups -OCH3 is 1. The van der Waals surface area contributed by atoms with Gasteiger partial charge in [-0.05, 0) is 49.8 Å². The second-order valence-electron chi connectivity index (χ2n) is 6.36. The molecule has 2 N–H and O–H groups in total. The highest BCUT2D eigenvalue weighted by Gasteiger charge is 2.20. The van der Waals surface area contributed by atoms with Crippen molar-refractivity contribution in [1.29, 1.82) is 0 Å². The van der Waals surface area contributed by atoms with Crippen molar-refractivity contribution < 1.29 is 23.0 Å². The van der Waals surface area contributed by atoms with Crippen molar-refractivity contribution in [3.05, 3.63) is 23.8 Å². The predicted molar refractivity (Wildman–Crippen MR) is 116 cm³/mol. The van der Waals surface area contributed by atoms with Gasteiger partial charge in [0.25, 0.3) is 0 Å². The van der Waals surface area contributed by atoms with Crippen LogP contribution in [0.2, 0.25) is 0 Å². The number of alkyl halides is 2. The van der Waals surface area contributed by atoms with Crippen LogP contribution >= 0.6 is 24.0 Å². The molecule has 0 spiro atoms. The summed E-state index contributed by atoms with van der Waals surface area (Å²) in [5.41, 5.74) is 0.747. The van der Waals surface area contributed by atoms with Crippen molar-refractivity contribution >= 4 is 29.9 Å². The van der Waals surface area contributed by atoms with Gasteiger partial charge in [-0.3, -0.25) is 0 Å². The molecule has 6 nitrogen and oxygen atoms in total. The summed E-state index contributed by atoms with van der Waals surface area (Å²) in [6.07, 6.45) is 3.49. The van der Waals surface area contributed by atoms with Crippen LogP contribution in [0.3, 0.4) is 0 Å². The Kier molecular flexibility index (Phi) is 12.1. The lowest BCUT2D eigenvalue weighted by Crippen LogP contribution is -2.38. The molecule has 1 saturated carbocycles. The highest BCUT2D eigenvalue weighted by atomic mass is 127. The summed E-state index contributed by atoms with van der Waals surface area (Å²) in [6, 6.07) is 4.89. The Bertz CT molecular complexity index is 602. The topological polar surface area (TPSA) is 64.1 Å². The Morgan fingerprint density at radius 3 is 2.68 bits per heavy atom. The largest absolute Gasteiger partial charge is 0.493 e. The maximum Gasteiger partial charge on any atom is 0.387 e.